The number of anilines is 1. The maximum absolute atomic E-state index is 13.7. The number of nitrogens with zero attached hydrogens (tertiary/aromatic N) is 3. The van der Waals surface area contributed by atoms with Crippen LogP contribution in [-0.4, -0.2) is 98.8 Å². The van der Waals surface area contributed by atoms with Crippen LogP contribution in [0.3, 0.4) is 0 Å². The van der Waals surface area contributed by atoms with Gasteiger partial charge in [-0.25, -0.2) is 0 Å². The molecule has 2 unspecified atom stereocenters. The number of fused-ring (bicyclic) bond motifs is 3. The minimum atomic E-state index is -3.05. The number of nitro groups is 1. The predicted molar refractivity (Wildman–Crippen MR) is 126 cm³/mol. The smallest absolute Gasteiger partial charge is 0.313 e. The largest absolute Gasteiger partial charge is 0.510 e. The molecule has 1 amide bonds. The molecule has 7 N–H and O–H groups in total. The van der Waals surface area contributed by atoms with E-state index >= 15 is 0 Å². The molecule has 14 heteroatoms. The summed E-state index contributed by atoms with van der Waals surface area (Å²) in [6.07, 6.45) is -1.97. The fourth-order valence-corrected chi connectivity index (χ4v) is 5.84. The zero-order chi connectivity index (χ0) is 27.9. The van der Waals surface area contributed by atoms with Crippen LogP contribution in [0.2, 0.25) is 0 Å². The number of amides is 1. The van der Waals surface area contributed by atoms with E-state index in [9.17, 15) is 50.0 Å². The lowest BCUT2D eigenvalue weighted by atomic mass is 9.57. The summed E-state index contributed by atoms with van der Waals surface area (Å²) in [5.74, 6) is -9.93. The Labute approximate surface area is 209 Å². The third kappa shape index (κ3) is 3.26. The number of phenols is 1. The lowest BCUT2D eigenvalue weighted by molar-refractivity contribution is -0.385. The van der Waals surface area contributed by atoms with Crippen LogP contribution in [0.1, 0.15) is 15.9 Å². The second-order valence-electron chi connectivity index (χ2n) is 9.82. The first-order chi connectivity index (χ1) is 17.1. The highest BCUT2D eigenvalue weighted by molar-refractivity contribution is 6.25. The minimum Gasteiger partial charge on any atom is -0.510 e. The standard InChI is InChI=1S/C23H26N4O10/c1-25(2)9-6-10(27(36)37)17(29)11-7(9)5-8-12(18(11)30)20(32)23(35)14(16(8)28)15(26(3)4)19(31)13(21(23)33)22(24)34/h6,8,14-16,28-29,31-32,35H,5H2,1-4H3,(H2,24,34)/t8?,14?,15-,16-,23-/m0/s1. The van der Waals surface area contributed by atoms with Gasteiger partial charge >= 0.3 is 5.69 Å². The number of Topliss-reactive ketones (excluding diaryl/α,β-unsaturated/α-hetero) is 2. The average molecular weight is 518 g/mol. The van der Waals surface area contributed by atoms with E-state index < -0.39 is 91.6 Å². The summed E-state index contributed by atoms with van der Waals surface area (Å²) < 4.78 is 0. The van der Waals surface area contributed by atoms with Crippen LogP contribution in [0.4, 0.5) is 11.4 Å². The van der Waals surface area contributed by atoms with Crippen molar-refractivity contribution in [3.8, 4) is 5.75 Å². The van der Waals surface area contributed by atoms with Gasteiger partial charge in [0.1, 0.15) is 17.1 Å². The summed E-state index contributed by atoms with van der Waals surface area (Å²) in [5.41, 5.74) is -0.401. The molecule has 0 aliphatic heterocycles. The Bertz CT molecular complexity index is 1350. The second-order valence-corrected chi connectivity index (χ2v) is 9.82. The van der Waals surface area contributed by atoms with Crippen LogP contribution in [-0.2, 0) is 16.0 Å². The number of rotatable bonds is 4. The van der Waals surface area contributed by atoms with Gasteiger partial charge in [0.15, 0.2) is 11.4 Å². The zero-order valence-electron chi connectivity index (χ0n) is 20.3. The van der Waals surface area contributed by atoms with Crippen LogP contribution >= 0.6 is 0 Å². The number of carbonyl (C=O) groups is 3. The summed E-state index contributed by atoms with van der Waals surface area (Å²) in [6.45, 7) is 0. The van der Waals surface area contributed by atoms with E-state index in [0.29, 0.717) is 0 Å². The highest BCUT2D eigenvalue weighted by Crippen LogP contribution is 2.54. The molecule has 0 fully saturated rings. The Morgan fingerprint density at radius 1 is 1.19 bits per heavy atom. The Morgan fingerprint density at radius 2 is 1.78 bits per heavy atom. The molecule has 1 aromatic carbocycles. The molecule has 0 heterocycles. The molecule has 198 valence electrons. The first kappa shape index (κ1) is 26.1. The number of carbonyl (C=O) groups excluding carboxylic acids is 3. The van der Waals surface area contributed by atoms with Crippen molar-refractivity contribution in [1.29, 1.82) is 0 Å². The van der Waals surface area contributed by atoms with Gasteiger partial charge in [-0.1, -0.05) is 0 Å². The van der Waals surface area contributed by atoms with Crippen molar-refractivity contribution in [3.63, 3.8) is 0 Å². The van der Waals surface area contributed by atoms with E-state index in [0.717, 1.165) is 6.07 Å². The summed E-state index contributed by atoms with van der Waals surface area (Å²) in [6, 6.07) is -0.304. The van der Waals surface area contributed by atoms with E-state index in [1.54, 1.807) is 14.1 Å². The molecular formula is C23H26N4O10. The molecule has 37 heavy (non-hydrogen) atoms. The van der Waals surface area contributed by atoms with Gasteiger partial charge in [-0.15, -0.1) is 0 Å². The van der Waals surface area contributed by atoms with Gasteiger partial charge in [0.2, 0.25) is 11.5 Å². The number of aliphatic hydroxyl groups is 4. The molecule has 0 saturated heterocycles. The van der Waals surface area contributed by atoms with Gasteiger partial charge in [0, 0.05) is 37.3 Å². The first-order valence-corrected chi connectivity index (χ1v) is 11.1. The monoisotopic (exact) mass is 518 g/mol. The molecule has 0 radical (unpaired) electrons. The number of ketones is 2. The fourth-order valence-electron chi connectivity index (χ4n) is 5.84. The van der Waals surface area contributed by atoms with Crippen molar-refractivity contribution in [2.75, 3.05) is 33.1 Å². The van der Waals surface area contributed by atoms with Gasteiger partial charge in [-0.2, -0.15) is 0 Å². The lowest BCUT2D eigenvalue weighted by Gasteiger charge is -2.52. The highest BCUT2D eigenvalue weighted by Gasteiger charge is 2.66. The van der Waals surface area contributed by atoms with Crippen molar-refractivity contribution in [2.24, 2.45) is 17.6 Å². The Balaban J connectivity index is 2.06. The van der Waals surface area contributed by atoms with Gasteiger partial charge in [-0.05, 0) is 26.1 Å². The van der Waals surface area contributed by atoms with Crippen molar-refractivity contribution in [1.82, 2.24) is 4.90 Å². The normalized spacial score (nSPS) is 29.2. The highest BCUT2D eigenvalue weighted by atomic mass is 16.6. The van der Waals surface area contributed by atoms with E-state index in [1.807, 2.05) is 0 Å². The van der Waals surface area contributed by atoms with Crippen LogP contribution in [0.15, 0.2) is 28.7 Å². The molecule has 3 aliphatic carbocycles. The van der Waals surface area contributed by atoms with E-state index in [2.05, 4.69) is 0 Å². The molecule has 5 atom stereocenters. The Morgan fingerprint density at radius 3 is 2.27 bits per heavy atom. The molecule has 0 spiro atoms. The fraction of sp³-hybridized carbons (Fsp3) is 0.435. The van der Waals surface area contributed by atoms with Crippen molar-refractivity contribution < 1.29 is 44.8 Å². The molecule has 0 saturated carbocycles. The zero-order valence-corrected chi connectivity index (χ0v) is 20.3. The van der Waals surface area contributed by atoms with E-state index in [-0.39, 0.29) is 17.7 Å². The Hall–Kier alpha value is -4.01. The number of benzene rings is 1. The van der Waals surface area contributed by atoms with Crippen LogP contribution in [0, 0.1) is 22.0 Å². The number of hydrogen-bond acceptors (Lipinski definition) is 12. The number of nitrogens with two attached hydrogens (primary N) is 1. The second kappa shape index (κ2) is 8.26. The number of aliphatic hydroxyl groups excluding tert-OH is 3. The average Bonchev–Trinajstić information content (AvgIpc) is 2.78. The molecular weight excluding hydrogens is 492 g/mol. The summed E-state index contributed by atoms with van der Waals surface area (Å²) in [4.78, 5) is 52.4. The number of hydrogen-bond donors (Lipinski definition) is 6. The molecule has 4 rings (SSSR count). The van der Waals surface area contributed by atoms with Crippen LogP contribution < -0.4 is 10.6 Å². The van der Waals surface area contributed by atoms with Gasteiger partial charge in [0.05, 0.1) is 28.6 Å². The van der Waals surface area contributed by atoms with Crippen molar-refractivity contribution in [2.45, 2.75) is 24.2 Å². The number of nitro benzene ring substituents is 1. The maximum atomic E-state index is 13.7. The van der Waals surface area contributed by atoms with Crippen LogP contribution in [0.5, 0.6) is 5.75 Å². The predicted octanol–water partition coefficient (Wildman–Crippen LogP) is -0.934. The first-order valence-electron chi connectivity index (χ1n) is 11.1. The topological polar surface area (TPSA) is 228 Å². The number of likely N-dealkylation sites (N-methyl/N-ethyl adjacent to an activating group) is 1. The van der Waals surface area contributed by atoms with Gasteiger partial charge < -0.3 is 36.2 Å². The molecule has 0 aromatic heterocycles. The van der Waals surface area contributed by atoms with Gasteiger partial charge in [-0.3, -0.25) is 29.4 Å². The third-order valence-corrected chi connectivity index (χ3v) is 7.44. The number of aromatic hydroxyl groups is 1. The summed E-state index contributed by atoms with van der Waals surface area (Å²) in [7, 11) is 5.97. The maximum Gasteiger partial charge on any atom is 0.313 e. The molecule has 3 aliphatic rings. The SMILES string of the molecule is CN(C)c1cc([N+](=O)[O-])c(O)c2c1CC1C(=C(O)[C@]3(O)C(=O)C(C(N)=O)=C(O)[C@@H](N(C)C)C3[C@H]1O)C2=O. The summed E-state index contributed by atoms with van der Waals surface area (Å²) in [5, 5.41) is 67.3. The van der Waals surface area contributed by atoms with Gasteiger partial charge in [0.25, 0.3) is 5.91 Å². The van der Waals surface area contributed by atoms with E-state index in [4.69, 9.17) is 5.73 Å². The summed E-state index contributed by atoms with van der Waals surface area (Å²) >= 11 is 0. The minimum absolute atomic E-state index is 0.144. The third-order valence-electron chi connectivity index (χ3n) is 7.44. The van der Waals surface area contributed by atoms with Crippen LogP contribution in [0.25, 0.3) is 0 Å². The van der Waals surface area contributed by atoms with E-state index in [1.165, 1.54) is 23.9 Å². The Kier molecular flexibility index (Phi) is 5.82. The lowest BCUT2D eigenvalue weighted by Crippen LogP contribution is -2.68. The number of primary amides is 1. The molecule has 1 aromatic rings. The number of phenolic OH excluding ortho intramolecular Hbond substituents is 1. The van der Waals surface area contributed by atoms with Crippen molar-refractivity contribution >= 4 is 28.8 Å². The quantitative estimate of drug-likeness (QED) is 0.161. The van der Waals surface area contributed by atoms with Crippen molar-refractivity contribution in [3.05, 3.63) is 50.0 Å². The molecule has 14 nitrogen and oxygen atoms in total. The molecule has 0 bridgehead atoms.